The van der Waals surface area contributed by atoms with Crippen molar-refractivity contribution < 1.29 is 23.1 Å². The van der Waals surface area contributed by atoms with Crippen LogP contribution >= 0.6 is 23.2 Å². The SMILES string of the molecule is C=O.CC.CC(CCC(C#N)c1cccc(Cl)c1F)CC(C)(C)C.CNC(=O)c1ccc(NC)c(OC)c1.Fc1ccccc1Cl. The molecule has 3 aromatic carbocycles. The van der Waals surface area contributed by atoms with E-state index in [1.165, 1.54) is 18.2 Å². The lowest BCUT2D eigenvalue weighted by Gasteiger charge is -2.23. The van der Waals surface area contributed by atoms with Crippen LogP contribution in [0, 0.1) is 34.3 Å². The number of ether oxygens (including phenoxy) is 1. The first-order valence-electron chi connectivity index (χ1n) is 14.9. The first-order chi connectivity index (χ1) is 21.8. The largest absolute Gasteiger partial charge is 0.495 e. The molecular weight excluding hydrogens is 631 g/mol. The molecule has 3 aromatic rings. The Kier molecular flexibility index (Phi) is 23.7. The maximum absolute atomic E-state index is 14.0. The standard InChI is InChI=1S/C17H23ClFN.C10H14N2O2.C6H4ClF.C2H6.CH2O/c1-12(10-17(2,3)4)8-9-13(11-20)14-6-5-7-15(18)16(14)19;1-11-8-5-4-7(10(13)12-2)6-9(8)14-3;7-5-3-1-2-4-6(5)8;2*1-2/h5-7,12-13H,8-10H2,1-4H3;4-6,11H,1-3H3,(H,12,13);1-4H;1-2H3;1H2. The van der Waals surface area contributed by atoms with Crippen LogP contribution in [0.25, 0.3) is 0 Å². The molecule has 254 valence electrons. The lowest BCUT2D eigenvalue weighted by atomic mass is 9.82. The molecule has 0 aliphatic rings. The highest BCUT2D eigenvalue weighted by atomic mass is 35.5. The molecule has 3 rings (SSSR count). The molecule has 0 aromatic heterocycles. The van der Waals surface area contributed by atoms with Gasteiger partial charge >= 0.3 is 0 Å². The van der Waals surface area contributed by atoms with Crippen molar-refractivity contribution in [2.75, 3.05) is 26.5 Å². The van der Waals surface area contributed by atoms with Crippen LogP contribution in [0.15, 0.2) is 60.7 Å². The van der Waals surface area contributed by atoms with Crippen LogP contribution in [0.5, 0.6) is 5.75 Å². The third kappa shape index (κ3) is 17.1. The summed E-state index contributed by atoms with van der Waals surface area (Å²) in [5.74, 6) is -0.179. The minimum absolute atomic E-state index is 0.0884. The van der Waals surface area contributed by atoms with E-state index in [1.54, 1.807) is 57.6 Å². The van der Waals surface area contributed by atoms with Crippen molar-refractivity contribution in [3.05, 3.63) is 93.5 Å². The Bertz CT molecular complexity index is 1320. The Morgan fingerprint density at radius 2 is 1.57 bits per heavy atom. The minimum Gasteiger partial charge on any atom is -0.495 e. The predicted octanol–water partition coefficient (Wildman–Crippen LogP) is 10.4. The van der Waals surface area contributed by atoms with Crippen molar-refractivity contribution in [1.82, 2.24) is 5.32 Å². The third-order valence-electron chi connectivity index (χ3n) is 6.21. The average Bonchev–Trinajstić information content (AvgIpc) is 3.05. The van der Waals surface area contributed by atoms with Gasteiger partial charge in [0.25, 0.3) is 5.91 Å². The van der Waals surface area contributed by atoms with E-state index in [0.29, 0.717) is 29.2 Å². The van der Waals surface area contributed by atoms with Gasteiger partial charge in [0.15, 0.2) is 0 Å². The summed E-state index contributed by atoms with van der Waals surface area (Å²) in [5.41, 5.74) is 2.15. The quantitative estimate of drug-likeness (QED) is 0.247. The van der Waals surface area contributed by atoms with Gasteiger partial charge in [0, 0.05) is 25.2 Å². The molecule has 0 radical (unpaired) electrons. The molecule has 2 N–H and O–H groups in total. The van der Waals surface area contributed by atoms with Gasteiger partial charge in [0.1, 0.15) is 24.2 Å². The molecule has 0 aliphatic heterocycles. The second kappa shape index (κ2) is 24.5. The van der Waals surface area contributed by atoms with Gasteiger partial charge in [-0.2, -0.15) is 5.26 Å². The Hall–Kier alpha value is -3.67. The van der Waals surface area contributed by atoms with Gasteiger partial charge in [0.05, 0.1) is 34.8 Å². The van der Waals surface area contributed by atoms with Crippen LogP contribution in [0.3, 0.4) is 0 Å². The van der Waals surface area contributed by atoms with Gasteiger partial charge in [-0.1, -0.05) is 89.0 Å². The summed E-state index contributed by atoms with van der Waals surface area (Å²) < 4.78 is 31.3. The second-order valence-electron chi connectivity index (χ2n) is 10.9. The molecule has 0 heterocycles. The summed E-state index contributed by atoms with van der Waals surface area (Å²) in [6.07, 6.45) is 2.69. The molecule has 6 nitrogen and oxygen atoms in total. The average molecular weight is 681 g/mol. The number of anilines is 1. The zero-order valence-corrected chi connectivity index (χ0v) is 30.0. The molecule has 0 saturated carbocycles. The van der Waals surface area contributed by atoms with Crippen molar-refractivity contribution in [3.8, 4) is 11.8 Å². The fourth-order valence-electron chi connectivity index (χ4n) is 4.30. The predicted molar refractivity (Wildman–Crippen MR) is 188 cm³/mol. The highest BCUT2D eigenvalue weighted by molar-refractivity contribution is 6.31. The van der Waals surface area contributed by atoms with Gasteiger partial charge in [-0.25, -0.2) is 8.78 Å². The normalized spacial score (nSPS) is 11.0. The lowest BCUT2D eigenvalue weighted by molar-refractivity contribution is -0.0980. The van der Waals surface area contributed by atoms with E-state index in [-0.39, 0.29) is 27.2 Å². The number of carbonyl (C=O) groups excluding carboxylic acids is 2. The number of nitriles is 1. The van der Waals surface area contributed by atoms with Crippen LogP contribution in [0.4, 0.5) is 14.5 Å². The summed E-state index contributed by atoms with van der Waals surface area (Å²) >= 11 is 11.1. The highest BCUT2D eigenvalue weighted by Crippen LogP contribution is 2.32. The number of methoxy groups -OCH3 is 1. The van der Waals surface area contributed by atoms with Crippen LogP contribution in [-0.4, -0.2) is 33.9 Å². The van der Waals surface area contributed by atoms with Crippen molar-refractivity contribution in [3.63, 3.8) is 0 Å². The van der Waals surface area contributed by atoms with E-state index in [9.17, 15) is 18.8 Å². The number of amides is 1. The van der Waals surface area contributed by atoms with E-state index < -0.39 is 11.7 Å². The van der Waals surface area contributed by atoms with Gasteiger partial charge in [0.2, 0.25) is 0 Å². The monoisotopic (exact) mass is 679 g/mol. The lowest BCUT2D eigenvalue weighted by Crippen LogP contribution is -2.17. The summed E-state index contributed by atoms with van der Waals surface area (Å²) in [4.78, 5) is 19.3. The Morgan fingerprint density at radius 3 is 2.02 bits per heavy atom. The second-order valence-corrected chi connectivity index (χ2v) is 11.7. The number of hydrogen-bond donors (Lipinski definition) is 2. The summed E-state index contributed by atoms with van der Waals surface area (Å²) in [6.45, 7) is 14.8. The zero-order chi connectivity index (χ0) is 35.9. The molecule has 10 heteroatoms. The van der Waals surface area contributed by atoms with E-state index >= 15 is 0 Å². The van der Waals surface area contributed by atoms with Crippen molar-refractivity contribution in [1.29, 1.82) is 5.26 Å². The number of hydrogen-bond acceptors (Lipinski definition) is 5. The molecule has 0 spiro atoms. The van der Waals surface area contributed by atoms with Gasteiger partial charge in [-0.3, -0.25) is 4.79 Å². The zero-order valence-electron chi connectivity index (χ0n) is 28.4. The molecule has 1 amide bonds. The van der Waals surface area contributed by atoms with Gasteiger partial charge < -0.3 is 20.2 Å². The van der Waals surface area contributed by atoms with Crippen molar-refractivity contribution in [2.45, 2.75) is 66.7 Å². The molecular formula is C36H49Cl2F2N3O3. The Morgan fingerprint density at radius 1 is 0.978 bits per heavy atom. The fourth-order valence-corrected chi connectivity index (χ4v) is 4.62. The first kappa shape index (κ1) is 44.5. The van der Waals surface area contributed by atoms with E-state index in [2.05, 4.69) is 44.4 Å². The van der Waals surface area contributed by atoms with Crippen LogP contribution in [0.1, 0.15) is 82.6 Å². The number of halogens is 4. The van der Waals surface area contributed by atoms with Crippen LogP contribution in [0.2, 0.25) is 10.0 Å². The van der Waals surface area contributed by atoms with E-state index in [1.807, 2.05) is 26.7 Å². The highest BCUT2D eigenvalue weighted by Gasteiger charge is 2.20. The first-order valence-corrected chi connectivity index (χ1v) is 15.6. The van der Waals surface area contributed by atoms with Crippen molar-refractivity contribution in [2.24, 2.45) is 11.3 Å². The number of rotatable bonds is 8. The summed E-state index contributed by atoms with van der Waals surface area (Å²) in [7, 11) is 4.97. The molecule has 0 fully saturated rings. The molecule has 2 unspecified atom stereocenters. The Balaban J connectivity index is 0. The van der Waals surface area contributed by atoms with Crippen LogP contribution < -0.4 is 15.4 Å². The molecule has 2 atom stereocenters. The van der Waals surface area contributed by atoms with E-state index in [0.717, 1.165) is 18.5 Å². The number of nitrogens with zero attached hydrogens (tertiary/aromatic N) is 1. The summed E-state index contributed by atoms with van der Waals surface area (Å²) in [5, 5.41) is 15.1. The number of carbonyl (C=O) groups is 2. The van der Waals surface area contributed by atoms with Gasteiger partial charge in [-0.05, 0) is 67.0 Å². The van der Waals surface area contributed by atoms with Crippen molar-refractivity contribution >= 4 is 41.6 Å². The molecule has 46 heavy (non-hydrogen) atoms. The smallest absolute Gasteiger partial charge is 0.251 e. The number of nitrogens with one attached hydrogen (secondary N) is 2. The maximum atomic E-state index is 14.0. The summed E-state index contributed by atoms with van der Waals surface area (Å²) in [6, 6.07) is 18.4. The topological polar surface area (TPSA) is 91.2 Å². The van der Waals surface area contributed by atoms with Crippen LogP contribution in [-0.2, 0) is 4.79 Å². The Labute approximate surface area is 284 Å². The number of benzene rings is 3. The fraction of sp³-hybridized carbons (Fsp3) is 0.417. The molecule has 0 aliphatic carbocycles. The molecule has 0 saturated heterocycles. The molecule has 0 bridgehead atoms. The van der Waals surface area contributed by atoms with Gasteiger partial charge in [-0.15, -0.1) is 0 Å². The van der Waals surface area contributed by atoms with E-state index in [4.69, 9.17) is 32.7 Å². The maximum Gasteiger partial charge on any atom is 0.251 e. The third-order valence-corrected chi connectivity index (χ3v) is 6.80. The minimum atomic E-state index is -0.454.